The average Bonchev–Trinajstić information content (AvgIpc) is 2.87. The molecule has 3 aromatic rings. The van der Waals surface area contributed by atoms with Crippen LogP contribution in [0.15, 0.2) is 60.7 Å². The van der Waals surface area contributed by atoms with Crippen molar-refractivity contribution in [3.05, 3.63) is 66.2 Å². The van der Waals surface area contributed by atoms with Gasteiger partial charge in [-0.15, -0.1) is 0 Å². The number of carbonyl (C=O) groups is 2. The van der Waals surface area contributed by atoms with Gasteiger partial charge in [0.15, 0.2) is 0 Å². The lowest BCUT2D eigenvalue weighted by Crippen LogP contribution is -2.29. The highest BCUT2D eigenvalue weighted by molar-refractivity contribution is 5.90. The number of nitrogen functional groups attached to an aromatic ring is 3. The van der Waals surface area contributed by atoms with Crippen molar-refractivity contribution in [1.82, 2.24) is 4.98 Å². The number of carbonyl (C=O) groups excluding carboxylic acids is 2. The summed E-state index contributed by atoms with van der Waals surface area (Å²) in [5, 5.41) is 11.8. The molecule has 1 aromatic heterocycles. The highest BCUT2D eigenvalue weighted by atomic mass is 16.7. The van der Waals surface area contributed by atoms with Gasteiger partial charge in [-0.3, -0.25) is 9.69 Å². The molecule has 12 heteroatoms. The number of hydrogen-bond acceptors (Lipinski definition) is 10. The molecule has 36 heavy (non-hydrogen) atoms. The fraction of sp³-hybridized carbons (Fsp3) is 0.208. The second-order valence-corrected chi connectivity index (χ2v) is 7.31. The van der Waals surface area contributed by atoms with Gasteiger partial charge in [0.25, 0.3) is 0 Å². The molecule has 10 N–H and O–H groups in total. The number of nitrogens with two attached hydrogens (primary N) is 4. The third-order valence-corrected chi connectivity index (χ3v) is 4.71. The number of benzene rings is 2. The van der Waals surface area contributed by atoms with Crippen LogP contribution in [0.2, 0.25) is 0 Å². The summed E-state index contributed by atoms with van der Waals surface area (Å²) < 4.78 is 10.4. The second kappa shape index (κ2) is 14.0. The van der Waals surface area contributed by atoms with Crippen molar-refractivity contribution in [3.63, 3.8) is 0 Å². The Morgan fingerprint density at radius 1 is 1.00 bits per heavy atom. The zero-order chi connectivity index (χ0) is 26.5. The summed E-state index contributed by atoms with van der Waals surface area (Å²) in [6, 6.07) is 17.1. The van der Waals surface area contributed by atoms with E-state index in [0.717, 1.165) is 0 Å². The van der Waals surface area contributed by atoms with Crippen LogP contribution in [-0.4, -0.2) is 42.5 Å². The summed E-state index contributed by atoms with van der Waals surface area (Å²) in [6.45, 7) is -0.111. The van der Waals surface area contributed by atoms with Gasteiger partial charge in [-0.2, -0.15) is 0 Å². The molecule has 192 valence electrons. The molecule has 0 fully saturated rings. The van der Waals surface area contributed by atoms with Gasteiger partial charge in [0, 0.05) is 25.6 Å². The molecule has 0 saturated carbocycles. The predicted octanol–water partition coefficient (Wildman–Crippen LogP) is 1.90. The smallest absolute Gasteiger partial charge is 0.416 e. The molecule has 0 saturated heterocycles. The van der Waals surface area contributed by atoms with E-state index in [1.165, 1.54) is 4.90 Å². The van der Waals surface area contributed by atoms with Gasteiger partial charge < -0.3 is 42.8 Å². The largest absolute Gasteiger partial charge is 0.455 e. The van der Waals surface area contributed by atoms with Crippen LogP contribution >= 0.6 is 0 Å². The average molecular weight is 498 g/mol. The highest BCUT2D eigenvalue weighted by Crippen LogP contribution is 2.21. The first-order valence-electron chi connectivity index (χ1n) is 10.8. The van der Waals surface area contributed by atoms with Gasteiger partial charge in [-0.1, -0.05) is 30.3 Å². The Bertz CT molecular complexity index is 1160. The highest BCUT2D eigenvalue weighted by Gasteiger charge is 2.15. The van der Waals surface area contributed by atoms with Crippen molar-refractivity contribution in [2.75, 3.05) is 47.8 Å². The zero-order valence-electron chi connectivity index (χ0n) is 19.9. The normalized spacial score (nSPS) is 9.97. The standard InChI is InChI=1S/C16H18N2O4.C8H13N5O/c1-18(14-8-4-2-6-12(14)10-19)16(20)22-11-21-15-9-5-3-7-13(15)17;9-4-3-7(14)12-6-2-1-5(10)8(11)13-6/h2-9,19H,10-11,17H2,1H3;1-2H,3-4,9-10H2,(H3,11,12,13,14). The van der Waals surface area contributed by atoms with Crippen LogP contribution < -0.4 is 37.9 Å². The number of anilines is 5. The maximum atomic E-state index is 12.0. The van der Waals surface area contributed by atoms with Crippen LogP contribution in [0.1, 0.15) is 12.0 Å². The number of rotatable bonds is 8. The fourth-order valence-electron chi connectivity index (χ4n) is 2.81. The van der Waals surface area contributed by atoms with E-state index in [-0.39, 0.29) is 31.5 Å². The van der Waals surface area contributed by atoms with Crippen molar-refractivity contribution < 1.29 is 24.2 Å². The number of amides is 2. The lowest BCUT2D eigenvalue weighted by molar-refractivity contribution is -0.116. The number of ether oxygens (including phenoxy) is 2. The van der Waals surface area contributed by atoms with E-state index in [1.807, 2.05) is 0 Å². The van der Waals surface area contributed by atoms with Gasteiger partial charge >= 0.3 is 6.09 Å². The Hall–Kier alpha value is -4.55. The van der Waals surface area contributed by atoms with Crippen LogP contribution in [0.5, 0.6) is 5.75 Å². The number of pyridine rings is 1. The number of aliphatic hydroxyl groups is 1. The minimum Gasteiger partial charge on any atom is -0.455 e. The molecule has 2 amide bonds. The van der Waals surface area contributed by atoms with Gasteiger partial charge in [-0.25, -0.2) is 9.78 Å². The molecule has 1 heterocycles. The fourth-order valence-corrected chi connectivity index (χ4v) is 2.81. The second-order valence-electron chi connectivity index (χ2n) is 7.31. The quantitative estimate of drug-likeness (QED) is 0.197. The number of aromatic nitrogens is 1. The summed E-state index contributed by atoms with van der Waals surface area (Å²) in [4.78, 5) is 28.3. The first-order valence-corrected chi connectivity index (χ1v) is 10.8. The summed E-state index contributed by atoms with van der Waals surface area (Å²) in [5.74, 6) is 0.851. The SMILES string of the molecule is CN(C(=O)OCOc1ccccc1N)c1ccccc1CO.NCCC(=O)Nc1ccc(N)c(N)n1. The van der Waals surface area contributed by atoms with Crippen molar-refractivity contribution in [2.45, 2.75) is 13.0 Å². The Morgan fingerprint density at radius 2 is 1.69 bits per heavy atom. The summed E-state index contributed by atoms with van der Waals surface area (Å²) in [7, 11) is 1.56. The van der Waals surface area contributed by atoms with E-state index < -0.39 is 6.09 Å². The maximum Gasteiger partial charge on any atom is 0.416 e. The zero-order valence-corrected chi connectivity index (χ0v) is 19.9. The summed E-state index contributed by atoms with van der Waals surface area (Å²) >= 11 is 0. The molecule has 0 radical (unpaired) electrons. The molecular weight excluding hydrogens is 466 g/mol. The number of hydrogen-bond donors (Lipinski definition) is 6. The molecular formula is C24H31N7O5. The molecule has 2 aromatic carbocycles. The minimum absolute atomic E-state index is 0.162. The molecule has 0 bridgehead atoms. The molecule has 0 aliphatic heterocycles. The van der Waals surface area contributed by atoms with Crippen LogP contribution in [0.25, 0.3) is 0 Å². The topological polar surface area (TPSA) is 205 Å². The van der Waals surface area contributed by atoms with Crippen LogP contribution in [0.4, 0.5) is 33.5 Å². The van der Waals surface area contributed by atoms with E-state index in [4.69, 9.17) is 32.4 Å². The van der Waals surface area contributed by atoms with Crippen LogP contribution in [0, 0.1) is 0 Å². The molecule has 0 unspecified atom stereocenters. The van der Waals surface area contributed by atoms with Gasteiger partial charge in [-0.05, 0) is 30.3 Å². The Morgan fingerprint density at radius 3 is 2.36 bits per heavy atom. The lowest BCUT2D eigenvalue weighted by Gasteiger charge is -2.19. The number of para-hydroxylation sites is 3. The summed E-state index contributed by atoms with van der Waals surface area (Å²) in [5.41, 5.74) is 23.9. The van der Waals surface area contributed by atoms with E-state index >= 15 is 0 Å². The third kappa shape index (κ3) is 8.34. The predicted molar refractivity (Wildman–Crippen MR) is 139 cm³/mol. The molecule has 0 spiro atoms. The third-order valence-electron chi connectivity index (χ3n) is 4.71. The van der Waals surface area contributed by atoms with E-state index in [0.29, 0.717) is 40.7 Å². The maximum absolute atomic E-state index is 12.0. The lowest BCUT2D eigenvalue weighted by atomic mass is 10.2. The van der Waals surface area contributed by atoms with Crippen molar-refractivity contribution in [1.29, 1.82) is 0 Å². The molecule has 12 nitrogen and oxygen atoms in total. The monoisotopic (exact) mass is 497 g/mol. The Kier molecular flexibility index (Phi) is 10.8. The Labute approximate surface area is 208 Å². The van der Waals surface area contributed by atoms with Crippen LogP contribution in [-0.2, 0) is 16.1 Å². The Balaban J connectivity index is 0.000000281. The van der Waals surface area contributed by atoms with Gasteiger partial charge in [0.2, 0.25) is 12.7 Å². The van der Waals surface area contributed by atoms with Crippen molar-refractivity contribution in [3.8, 4) is 5.75 Å². The number of nitrogens with one attached hydrogen (secondary N) is 1. The van der Waals surface area contributed by atoms with Crippen molar-refractivity contribution in [2.24, 2.45) is 5.73 Å². The molecule has 0 aliphatic rings. The minimum atomic E-state index is -0.588. The molecule has 0 aliphatic carbocycles. The number of aliphatic hydroxyl groups excluding tert-OH is 1. The van der Waals surface area contributed by atoms with E-state index in [9.17, 15) is 14.7 Å². The first kappa shape index (κ1) is 27.7. The van der Waals surface area contributed by atoms with E-state index in [2.05, 4.69) is 10.3 Å². The summed E-state index contributed by atoms with van der Waals surface area (Å²) in [6.07, 6.45) is -0.332. The van der Waals surface area contributed by atoms with Crippen LogP contribution in [0.3, 0.4) is 0 Å². The van der Waals surface area contributed by atoms with Gasteiger partial charge in [0.05, 0.1) is 23.7 Å². The molecule has 3 rings (SSSR count). The van der Waals surface area contributed by atoms with Gasteiger partial charge in [0.1, 0.15) is 17.4 Å². The molecule has 0 atom stereocenters. The van der Waals surface area contributed by atoms with E-state index in [1.54, 1.807) is 67.7 Å². The first-order chi connectivity index (χ1) is 17.3. The van der Waals surface area contributed by atoms with Crippen molar-refractivity contribution >= 4 is 40.7 Å². The number of nitrogens with zero attached hydrogens (tertiary/aromatic N) is 2.